The molecule has 0 aliphatic carbocycles. The number of hydrogen-bond donors (Lipinski definition) is 5. The monoisotopic (exact) mass is 1680 g/mol. The predicted molar refractivity (Wildman–Crippen MR) is 499 cm³/mol. The molecule has 0 fully saturated rings. The first-order chi connectivity index (χ1) is 59.5. The van der Waals surface area contributed by atoms with E-state index in [9.17, 15) is 9.18 Å². The number of aliphatic hydroxyl groups excluding tert-OH is 1. The van der Waals surface area contributed by atoms with Gasteiger partial charge in [-0.1, -0.05) is 123 Å². The van der Waals surface area contributed by atoms with Gasteiger partial charge in [-0.05, 0) is 253 Å². The number of aliphatic hydroxyl groups is 1. The third-order valence-corrected chi connectivity index (χ3v) is 20.3. The molecule has 660 valence electrons. The van der Waals surface area contributed by atoms with E-state index >= 15 is 0 Å². The van der Waals surface area contributed by atoms with Crippen molar-refractivity contribution in [2.75, 3.05) is 95.3 Å². The third kappa shape index (κ3) is 32.6. The molecule has 12 aromatic rings. The first-order valence-electron chi connectivity index (χ1n) is 43.9. The van der Waals surface area contributed by atoms with Crippen molar-refractivity contribution in [3.63, 3.8) is 0 Å². The van der Waals surface area contributed by atoms with Crippen molar-refractivity contribution in [2.24, 2.45) is 13.0 Å². The molecule has 5 heterocycles. The molecule has 5 aromatic heterocycles. The van der Waals surface area contributed by atoms with E-state index in [1.54, 1.807) is 37.2 Å². The lowest BCUT2D eigenvalue weighted by Gasteiger charge is -2.18. The largest absolute Gasteiger partial charge is 0.494 e. The number of nitrogens with zero attached hydrogens (tertiary/aromatic N) is 12. The number of aryl methyl sites for hydroxylation is 1. The maximum Gasteiger partial charge on any atom is 0.257 e. The minimum atomic E-state index is -0.373. The summed E-state index contributed by atoms with van der Waals surface area (Å²) in [4.78, 5) is 26.0. The maximum absolute atomic E-state index is 13.7. The summed E-state index contributed by atoms with van der Waals surface area (Å²) in [6, 6.07) is 54.2. The first-order valence-corrected chi connectivity index (χ1v) is 43.9. The Labute approximate surface area is 731 Å². The zero-order chi connectivity index (χ0) is 88.4. The van der Waals surface area contributed by atoms with Gasteiger partial charge in [0.15, 0.2) is 11.6 Å². The molecular formula is C100H137FN16O6. The van der Waals surface area contributed by atoms with E-state index in [1.165, 1.54) is 85.3 Å². The van der Waals surface area contributed by atoms with Gasteiger partial charge in [-0.25, -0.2) is 4.39 Å². The topological polar surface area (TPSA) is 226 Å². The Morgan fingerprint density at radius 1 is 0.439 bits per heavy atom. The smallest absolute Gasteiger partial charge is 0.257 e. The Kier molecular flexibility index (Phi) is 41.5. The number of amides is 1. The molecule has 0 atom stereocenters. The van der Waals surface area contributed by atoms with Crippen LogP contribution in [0.5, 0.6) is 34.5 Å². The van der Waals surface area contributed by atoms with Crippen LogP contribution in [0.4, 0.5) is 4.39 Å². The van der Waals surface area contributed by atoms with Crippen LogP contribution < -0.4 is 18.9 Å². The van der Waals surface area contributed by atoms with E-state index < -0.39 is 0 Å². The van der Waals surface area contributed by atoms with E-state index in [1.807, 2.05) is 160 Å². The summed E-state index contributed by atoms with van der Waals surface area (Å²) in [7, 11) is 16.2. The van der Waals surface area contributed by atoms with Crippen molar-refractivity contribution in [1.29, 1.82) is 0 Å². The summed E-state index contributed by atoms with van der Waals surface area (Å²) in [5, 5.41) is 42.8. The summed E-state index contributed by atoms with van der Waals surface area (Å²) in [6.45, 7) is 30.1. The van der Waals surface area contributed by atoms with Gasteiger partial charge in [-0.2, -0.15) is 25.5 Å². The number of H-pyrrole nitrogens is 4. The van der Waals surface area contributed by atoms with Crippen molar-refractivity contribution in [1.82, 2.24) is 80.0 Å². The van der Waals surface area contributed by atoms with Crippen molar-refractivity contribution in [3.05, 3.63) is 246 Å². The van der Waals surface area contributed by atoms with Crippen LogP contribution in [0, 0.1) is 11.7 Å². The second-order valence-electron chi connectivity index (χ2n) is 32.7. The van der Waals surface area contributed by atoms with E-state index in [0.29, 0.717) is 41.8 Å². The molecule has 0 saturated carbocycles. The Morgan fingerprint density at radius 2 is 0.862 bits per heavy atom. The lowest BCUT2D eigenvalue weighted by atomic mass is 9.99. The van der Waals surface area contributed by atoms with E-state index in [0.717, 1.165) is 152 Å². The summed E-state index contributed by atoms with van der Waals surface area (Å²) < 4.78 is 38.5. The molecule has 0 aliphatic heterocycles. The molecule has 0 bridgehead atoms. The highest BCUT2D eigenvalue weighted by Gasteiger charge is 2.21. The summed E-state index contributed by atoms with van der Waals surface area (Å²) in [5.74, 6) is 3.97. The van der Waals surface area contributed by atoms with Crippen molar-refractivity contribution in [3.8, 4) is 90.8 Å². The average Bonchev–Trinajstić information content (AvgIpc) is 1.79. The number of aromatic nitrogens is 10. The second-order valence-corrected chi connectivity index (χ2v) is 32.7. The summed E-state index contributed by atoms with van der Waals surface area (Å²) >= 11 is 0. The molecule has 23 heteroatoms. The summed E-state index contributed by atoms with van der Waals surface area (Å²) in [6.07, 6.45) is 22.4. The van der Waals surface area contributed by atoms with Gasteiger partial charge in [-0.3, -0.25) is 29.9 Å². The standard InChI is InChI=1S/C24H30N4O2.C21H24FN3O.C19H29N3O.C18H27N3O2.C18H27N3/c1-5-6-14-28(4)17-19-16-25-26-23(19)18-12-13-22(21(15-18)24(29)27(2)3)30-20-10-8-7-9-11-20;1-3-4-13-25(2)15-17-14-23-24-21(17)16-9-11-18(12-10-16)26-20-8-6-5-7-19(20)22;1-6-7-12-21(4)13-17-14-22(5)20-19(17)16-8-10-18(11-9-16)23-15(2)3;1-3-4-10-21(2)14-16-13-19-20-18(16)15-6-8-17(9-7-15)23-12-5-11-22;1-5-9-21(4)13-17-12-19-20-18(17)16-8-6-7-15(11-16)10-14(2)3/h7-13,15-16H,5-6,14,17H2,1-4H3,(H,25,26);5-12,14H,3-4,13,15H2,1-2H3,(H,23,24);8-11,14-15H,6-7,12-13H2,1-5H3;6-9,13,22H,3-5,10-12,14H2,1-2H3,(H,19,20);6-8,11-12,14H,5,9-10,13H2,1-4H3,(H,19,20). The molecule has 12 rings (SSSR count). The van der Waals surface area contributed by atoms with E-state index in [-0.39, 0.29) is 30.2 Å². The van der Waals surface area contributed by atoms with Gasteiger partial charge in [0.1, 0.15) is 28.7 Å². The summed E-state index contributed by atoms with van der Waals surface area (Å²) in [5.41, 5.74) is 18.6. The normalized spacial score (nSPS) is 11.2. The van der Waals surface area contributed by atoms with Gasteiger partial charge in [0.05, 0.1) is 71.5 Å². The fourth-order valence-electron chi connectivity index (χ4n) is 14.0. The van der Waals surface area contributed by atoms with Gasteiger partial charge in [0.2, 0.25) is 0 Å². The van der Waals surface area contributed by atoms with Crippen molar-refractivity contribution >= 4 is 5.91 Å². The number of rotatable bonds is 42. The fourth-order valence-corrected chi connectivity index (χ4v) is 14.0. The van der Waals surface area contributed by atoms with Crippen molar-refractivity contribution < 1.29 is 33.2 Å². The first kappa shape index (κ1) is 97.4. The Balaban J connectivity index is 0.000000192. The molecule has 0 spiro atoms. The van der Waals surface area contributed by atoms with Gasteiger partial charge >= 0.3 is 0 Å². The highest BCUT2D eigenvalue weighted by molar-refractivity contribution is 5.98. The Bertz CT molecular complexity index is 4940. The Hall–Kier alpha value is -11.1. The maximum atomic E-state index is 13.7. The number of para-hydroxylation sites is 2. The van der Waals surface area contributed by atoms with Gasteiger partial charge in [-0.15, -0.1) is 0 Å². The van der Waals surface area contributed by atoms with Crippen LogP contribution in [-0.4, -0.2) is 192 Å². The third-order valence-electron chi connectivity index (χ3n) is 20.3. The SMILES string of the molecule is CCCCN(C)Cc1cn(C)nc1-c1ccc(OC(C)C)cc1.CCCCN(C)Cc1cn[nH]c1-c1ccc(OCCCO)cc1.CCCCN(C)Cc1cn[nH]c1-c1ccc(Oc2ccccc2)c(C(=O)N(C)C)c1.CCCCN(C)Cc1cn[nH]c1-c1ccc(Oc2ccccc2F)cc1.CCCN(C)Cc1cn[nH]c1-c1cccc(CC(C)C)c1. The lowest BCUT2D eigenvalue weighted by molar-refractivity contribution is 0.0825. The molecule has 123 heavy (non-hydrogen) atoms. The average molecular weight is 1680 g/mol. The zero-order valence-electron chi connectivity index (χ0n) is 76.2. The highest BCUT2D eigenvalue weighted by atomic mass is 19.1. The van der Waals surface area contributed by atoms with E-state index in [4.69, 9.17) is 24.1 Å². The lowest BCUT2D eigenvalue weighted by Crippen LogP contribution is -2.22. The number of nitrogens with one attached hydrogen (secondary N) is 4. The molecule has 0 unspecified atom stereocenters. The molecular weight excluding hydrogens is 1540 g/mol. The number of halogens is 1. The van der Waals surface area contributed by atoms with Crippen molar-refractivity contribution in [2.45, 2.75) is 172 Å². The molecule has 0 aliphatic rings. The molecule has 22 nitrogen and oxygen atoms in total. The minimum absolute atomic E-state index is 0.107. The second kappa shape index (κ2) is 52.4. The van der Waals surface area contributed by atoms with E-state index in [2.05, 4.69) is 197 Å². The quantitative estimate of drug-likeness (QED) is 0.0224. The van der Waals surface area contributed by atoms with Gasteiger partial charge < -0.3 is 53.5 Å². The van der Waals surface area contributed by atoms with Gasteiger partial charge in [0, 0.05) is 129 Å². The van der Waals surface area contributed by atoms with Crippen LogP contribution in [0.15, 0.2) is 201 Å². The molecule has 0 saturated heterocycles. The van der Waals surface area contributed by atoms with Crippen LogP contribution >= 0.6 is 0 Å². The Morgan fingerprint density at radius 3 is 1.33 bits per heavy atom. The number of ether oxygens (including phenoxy) is 4. The number of unbranched alkanes of at least 4 members (excludes halogenated alkanes) is 4. The molecule has 7 aromatic carbocycles. The molecule has 0 radical (unpaired) electrons. The van der Waals surface area contributed by atoms with Gasteiger partial charge in [0.25, 0.3) is 5.91 Å². The zero-order valence-corrected chi connectivity index (χ0v) is 76.2. The van der Waals surface area contributed by atoms with Crippen LogP contribution in [0.3, 0.4) is 0 Å². The number of carbonyl (C=O) groups excluding carboxylic acids is 1. The predicted octanol–water partition coefficient (Wildman–Crippen LogP) is 21.3. The number of aromatic amines is 4. The van der Waals surface area contributed by atoms with Crippen LogP contribution in [0.25, 0.3) is 56.3 Å². The highest BCUT2D eigenvalue weighted by Crippen LogP contribution is 2.35. The minimum Gasteiger partial charge on any atom is -0.494 e. The number of carbonyl (C=O) groups is 1. The molecule has 1 amide bonds. The molecule has 5 N–H and O–H groups in total. The van der Waals surface area contributed by atoms with Crippen LogP contribution in [0.2, 0.25) is 0 Å². The number of hydrogen-bond acceptors (Lipinski definition) is 16. The van der Waals surface area contributed by atoms with Crippen LogP contribution in [0.1, 0.15) is 170 Å². The number of benzene rings is 7. The fraction of sp³-hybridized carbons (Fsp3) is 0.420. The van der Waals surface area contributed by atoms with Crippen LogP contribution in [-0.2, 0) is 46.2 Å².